The van der Waals surface area contributed by atoms with Gasteiger partial charge in [0, 0.05) is 18.0 Å². The van der Waals surface area contributed by atoms with Crippen LogP contribution in [0.1, 0.15) is 68.2 Å². The van der Waals surface area contributed by atoms with E-state index in [9.17, 15) is 0 Å². The number of aromatic nitrogens is 2. The van der Waals surface area contributed by atoms with E-state index in [0.29, 0.717) is 18.1 Å². The number of ether oxygens (including phenoxy) is 2. The van der Waals surface area contributed by atoms with Crippen LogP contribution < -0.4 is 4.74 Å². The molecule has 2 aliphatic carbocycles. The van der Waals surface area contributed by atoms with E-state index in [1.807, 2.05) is 18.4 Å². The van der Waals surface area contributed by atoms with Crippen LogP contribution in [0.25, 0.3) is 10.2 Å². The highest BCUT2D eigenvalue weighted by molar-refractivity contribution is 7.19. The molecule has 2 aromatic rings. The van der Waals surface area contributed by atoms with Crippen LogP contribution in [-0.2, 0) is 11.2 Å². The van der Waals surface area contributed by atoms with Crippen molar-refractivity contribution in [1.29, 1.82) is 0 Å². The Labute approximate surface area is 172 Å². The first kappa shape index (κ1) is 20.0. The molecule has 154 valence electrons. The summed E-state index contributed by atoms with van der Waals surface area (Å²) in [6, 6.07) is 0.681. The molecule has 0 amide bonds. The summed E-state index contributed by atoms with van der Waals surface area (Å²) in [6.07, 6.45) is 11.4. The summed E-state index contributed by atoms with van der Waals surface area (Å²) in [6.45, 7) is 2.21. The Kier molecular flexibility index (Phi) is 6.18. The SMILES string of the molecule is CC[C@H](C[C@H]1CCc2sc3ncnc(O[C@H]4CC[C@H](N(C)C)CC4)c3c21)OC. The van der Waals surface area contributed by atoms with Crippen molar-refractivity contribution < 1.29 is 9.47 Å². The Morgan fingerprint density at radius 1 is 1.18 bits per heavy atom. The molecule has 2 aromatic heterocycles. The van der Waals surface area contributed by atoms with Gasteiger partial charge in [-0.15, -0.1) is 11.3 Å². The van der Waals surface area contributed by atoms with E-state index in [0.717, 1.165) is 42.8 Å². The number of thiophene rings is 1. The molecule has 4 rings (SSSR count). The van der Waals surface area contributed by atoms with Crippen LogP contribution in [0.15, 0.2) is 6.33 Å². The molecule has 2 heterocycles. The van der Waals surface area contributed by atoms with Gasteiger partial charge in [-0.1, -0.05) is 6.92 Å². The van der Waals surface area contributed by atoms with E-state index in [1.165, 1.54) is 35.1 Å². The molecule has 0 saturated heterocycles. The third-order valence-corrected chi connectivity index (χ3v) is 7.86. The number of methoxy groups -OCH3 is 1. The lowest BCUT2D eigenvalue weighted by Crippen LogP contribution is -2.35. The van der Waals surface area contributed by atoms with Crippen molar-refractivity contribution in [3.05, 3.63) is 16.8 Å². The van der Waals surface area contributed by atoms with Crippen molar-refractivity contribution in [3.8, 4) is 5.88 Å². The third-order valence-electron chi connectivity index (χ3n) is 6.68. The maximum Gasteiger partial charge on any atom is 0.225 e. The molecule has 0 N–H and O–H groups in total. The van der Waals surface area contributed by atoms with E-state index in [4.69, 9.17) is 9.47 Å². The number of rotatable bonds is 7. The van der Waals surface area contributed by atoms with Crippen LogP contribution in [0.4, 0.5) is 0 Å². The van der Waals surface area contributed by atoms with Gasteiger partial charge in [-0.2, -0.15) is 0 Å². The summed E-state index contributed by atoms with van der Waals surface area (Å²) in [5.74, 6) is 1.35. The third kappa shape index (κ3) is 3.91. The molecule has 2 aliphatic rings. The Hall–Kier alpha value is -1.24. The smallest absolute Gasteiger partial charge is 0.225 e. The fraction of sp³-hybridized carbons (Fsp3) is 0.727. The average molecular weight is 404 g/mol. The second kappa shape index (κ2) is 8.64. The second-order valence-corrected chi connectivity index (χ2v) is 9.63. The maximum absolute atomic E-state index is 6.49. The Morgan fingerprint density at radius 2 is 1.96 bits per heavy atom. The quantitative estimate of drug-likeness (QED) is 0.665. The molecule has 0 aliphatic heterocycles. The summed E-state index contributed by atoms with van der Waals surface area (Å²) >= 11 is 1.83. The summed E-state index contributed by atoms with van der Waals surface area (Å²) in [4.78, 5) is 14.1. The number of fused-ring (bicyclic) bond motifs is 3. The molecule has 1 fully saturated rings. The first-order valence-corrected chi connectivity index (χ1v) is 11.5. The molecule has 5 nitrogen and oxygen atoms in total. The first-order valence-electron chi connectivity index (χ1n) is 10.7. The molecular weight excluding hydrogens is 370 g/mol. The number of hydrogen-bond donors (Lipinski definition) is 0. The van der Waals surface area contributed by atoms with E-state index >= 15 is 0 Å². The molecule has 0 aromatic carbocycles. The predicted molar refractivity (Wildman–Crippen MR) is 115 cm³/mol. The van der Waals surface area contributed by atoms with Gasteiger partial charge >= 0.3 is 0 Å². The molecule has 2 atom stereocenters. The van der Waals surface area contributed by atoms with Gasteiger partial charge in [0.05, 0.1) is 11.5 Å². The minimum absolute atomic E-state index is 0.270. The molecule has 0 bridgehead atoms. The minimum atomic E-state index is 0.270. The summed E-state index contributed by atoms with van der Waals surface area (Å²) in [7, 11) is 6.19. The standard InChI is InChI=1S/C22H33N3O2S/c1-5-16(26-4)12-14-6-11-18-19(14)20-21(23-13-24-22(20)28-18)27-17-9-7-15(8-10-17)25(2)3/h13-17H,5-12H2,1-4H3/t14-,15-,16-,17-/m1/s1. The highest BCUT2D eigenvalue weighted by Gasteiger charge is 2.32. The molecule has 6 heteroatoms. The van der Waals surface area contributed by atoms with Crippen LogP contribution in [0.5, 0.6) is 5.88 Å². The number of hydrogen-bond acceptors (Lipinski definition) is 6. The van der Waals surface area contributed by atoms with Crippen LogP contribution in [0, 0.1) is 0 Å². The van der Waals surface area contributed by atoms with Crippen molar-refractivity contribution >= 4 is 21.6 Å². The zero-order valence-corrected chi connectivity index (χ0v) is 18.4. The molecular formula is C22H33N3O2S. The van der Waals surface area contributed by atoms with Crippen molar-refractivity contribution in [2.24, 2.45) is 0 Å². The summed E-state index contributed by atoms with van der Waals surface area (Å²) in [5, 5.41) is 1.19. The van der Waals surface area contributed by atoms with Gasteiger partial charge in [0.15, 0.2) is 0 Å². The lowest BCUT2D eigenvalue weighted by atomic mass is 9.92. The topological polar surface area (TPSA) is 47.5 Å². The Balaban J connectivity index is 1.57. The lowest BCUT2D eigenvalue weighted by molar-refractivity contribution is 0.0857. The van der Waals surface area contributed by atoms with Crippen molar-refractivity contribution in [2.75, 3.05) is 21.2 Å². The maximum atomic E-state index is 6.49. The van der Waals surface area contributed by atoms with Gasteiger partial charge in [-0.05, 0) is 76.9 Å². The van der Waals surface area contributed by atoms with Crippen molar-refractivity contribution in [2.45, 2.75) is 82.5 Å². The summed E-state index contributed by atoms with van der Waals surface area (Å²) < 4.78 is 12.2. The molecule has 0 unspecified atom stereocenters. The van der Waals surface area contributed by atoms with E-state index < -0.39 is 0 Å². The summed E-state index contributed by atoms with van der Waals surface area (Å²) in [5.41, 5.74) is 1.45. The van der Waals surface area contributed by atoms with Crippen molar-refractivity contribution in [3.63, 3.8) is 0 Å². The molecule has 0 radical (unpaired) electrons. The normalized spacial score (nSPS) is 26.0. The number of nitrogens with zero attached hydrogens (tertiary/aromatic N) is 3. The largest absolute Gasteiger partial charge is 0.474 e. The van der Waals surface area contributed by atoms with Gasteiger partial charge in [0.25, 0.3) is 0 Å². The Bertz CT molecular complexity index is 794. The van der Waals surface area contributed by atoms with Crippen LogP contribution in [-0.4, -0.2) is 54.3 Å². The highest BCUT2D eigenvalue weighted by Crippen LogP contribution is 2.48. The fourth-order valence-electron chi connectivity index (χ4n) is 4.95. The highest BCUT2D eigenvalue weighted by atomic mass is 32.1. The van der Waals surface area contributed by atoms with Crippen LogP contribution >= 0.6 is 11.3 Å². The van der Waals surface area contributed by atoms with Gasteiger partial charge in [0.1, 0.15) is 17.3 Å². The van der Waals surface area contributed by atoms with Crippen LogP contribution in [0.3, 0.4) is 0 Å². The van der Waals surface area contributed by atoms with Gasteiger partial charge in [-0.25, -0.2) is 9.97 Å². The first-order chi connectivity index (χ1) is 13.6. The zero-order chi connectivity index (χ0) is 19.7. The second-order valence-electron chi connectivity index (χ2n) is 8.55. The van der Waals surface area contributed by atoms with Gasteiger partial charge in [-0.3, -0.25) is 0 Å². The Morgan fingerprint density at radius 3 is 2.64 bits per heavy atom. The lowest BCUT2D eigenvalue weighted by Gasteiger charge is -2.32. The molecule has 1 saturated carbocycles. The molecule has 28 heavy (non-hydrogen) atoms. The van der Waals surface area contributed by atoms with Gasteiger partial charge in [0.2, 0.25) is 5.88 Å². The van der Waals surface area contributed by atoms with E-state index in [2.05, 4.69) is 35.9 Å². The molecule has 0 spiro atoms. The van der Waals surface area contributed by atoms with Gasteiger partial charge < -0.3 is 14.4 Å². The zero-order valence-electron chi connectivity index (χ0n) is 17.6. The monoisotopic (exact) mass is 403 g/mol. The van der Waals surface area contributed by atoms with Crippen molar-refractivity contribution in [1.82, 2.24) is 14.9 Å². The average Bonchev–Trinajstić information content (AvgIpc) is 3.26. The number of aryl methyl sites for hydroxylation is 1. The van der Waals surface area contributed by atoms with Crippen LogP contribution in [0.2, 0.25) is 0 Å². The predicted octanol–water partition coefficient (Wildman–Crippen LogP) is 4.79. The fourth-order valence-corrected chi connectivity index (χ4v) is 6.18. The minimum Gasteiger partial charge on any atom is -0.474 e. The van der Waals surface area contributed by atoms with E-state index in [-0.39, 0.29) is 6.10 Å². The van der Waals surface area contributed by atoms with E-state index in [1.54, 1.807) is 6.33 Å².